The lowest BCUT2D eigenvalue weighted by Gasteiger charge is -2.26. The van der Waals surface area contributed by atoms with E-state index in [1.165, 1.54) is 6.42 Å². The van der Waals surface area contributed by atoms with Gasteiger partial charge in [-0.25, -0.2) is 4.68 Å². The van der Waals surface area contributed by atoms with E-state index in [1.807, 2.05) is 30.3 Å². The van der Waals surface area contributed by atoms with E-state index in [9.17, 15) is 5.26 Å². The third-order valence-corrected chi connectivity index (χ3v) is 3.48. The molecule has 19 heavy (non-hydrogen) atoms. The number of para-hydroxylation sites is 1. The molecule has 1 aliphatic carbocycles. The highest BCUT2D eigenvalue weighted by Gasteiger charge is 2.22. The minimum atomic E-state index is 0.385. The number of aromatic nitrogens is 2. The zero-order valence-electron chi connectivity index (χ0n) is 10.5. The van der Waals surface area contributed by atoms with Gasteiger partial charge in [-0.1, -0.05) is 18.2 Å². The van der Waals surface area contributed by atoms with Crippen molar-refractivity contribution in [2.45, 2.75) is 25.3 Å². The fourth-order valence-electron chi connectivity index (χ4n) is 2.15. The van der Waals surface area contributed by atoms with Gasteiger partial charge in [0.2, 0.25) is 0 Å². The minimum absolute atomic E-state index is 0.385. The van der Waals surface area contributed by atoms with E-state index in [-0.39, 0.29) is 0 Å². The van der Waals surface area contributed by atoms with Crippen LogP contribution in [-0.2, 0) is 0 Å². The van der Waals surface area contributed by atoms with Gasteiger partial charge in [0, 0.05) is 6.04 Å². The van der Waals surface area contributed by atoms with Crippen LogP contribution in [0.15, 0.2) is 30.3 Å². The van der Waals surface area contributed by atoms with E-state index in [4.69, 9.17) is 5.73 Å². The van der Waals surface area contributed by atoms with Crippen molar-refractivity contribution in [2.24, 2.45) is 0 Å². The van der Waals surface area contributed by atoms with Crippen LogP contribution < -0.4 is 11.1 Å². The van der Waals surface area contributed by atoms with Gasteiger partial charge in [-0.2, -0.15) is 5.26 Å². The first-order valence-corrected chi connectivity index (χ1v) is 6.40. The first-order chi connectivity index (χ1) is 9.29. The first-order valence-electron chi connectivity index (χ1n) is 6.40. The van der Waals surface area contributed by atoms with Crippen LogP contribution in [0.5, 0.6) is 0 Å². The van der Waals surface area contributed by atoms with Crippen molar-refractivity contribution in [3.63, 3.8) is 0 Å². The molecule has 1 fully saturated rings. The van der Waals surface area contributed by atoms with Crippen molar-refractivity contribution < 1.29 is 0 Å². The average Bonchev–Trinajstić information content (AvgIpc) is 2.71. The number of nitrogens with one attached hydrogen (secondary N) is 1. The van der Waals surface area contributed by atoms with Crippen molar-refractivity contribution in [3.8, 4) is 11.8 Å². The number of nitrogen functional groups attached to an aromatic ring is 1. The van der Waals surface area contributed by atoms with E-state index in [2.05, 4.69) is 16.5 Å². The smallest absolute Gasteiger partial charge is 0.168 e. The summed E-state index contributed by atoms with van der Waals surface area (Å²) in [6.07, 6.45) is 3.49. The minimum Gasteiger partial charge on any atom is -0.382 e. The van der Waals surface area contributed by atoms with Crippen LogP contribution in [0.1, 0.15) is 24.8 Å². The van der Waals surface area contributed by atoms with E-state index in [1.54, 1.807) is 4.68 Å². The lowest BCUT2D eigenvalue weighted by Crippen LogP contribution is -2.27. The summed E-state index contributed by atoms with van der Waals surface area (Å²) in [5.74, 6) is 0.976. The second kappa shape index (κ2) is 4.65. The predicted octanol–water partition coefficient (Wildman–Crippen LogP) is 2.29. The molecule has 1 heterocycles. The molecule has 0 amide bonds. The number of benzene rings is 1. The number of nitriles is 1. The first kappa shape index (κ1) is 11.6. The summed E-state index contributed by atoms with van der Waals surface area (Å²) in [6.45, 7) is 0. The molecule has 1 saturated carbocycles. The maximum absolute atomic E-state index is 9.24. The molecule has 0 unspecified atom stereocenters. The maximum atomic E-state index is 9.24. The SMILES string of the molecule is N#Cc1c(NC2CCC2)nn(-c2ccccc2)c1N. The molecule has 5 nitrogen and oxygen atoms in total. The fraction of sp³-hybridized carbons (Fsp3) is 0.286. The molecule has 3 rings (SSSR count). The Balaban J connectivity index is 1.99. The average molecular weight is 253 g/mol. The second-order valence-corrected chi connectivity index (χ2v) is 4.74. The number of nitrogens with two attached hydrogens (primary N) is 1. The van der Waals surface area contributed by atoms with E-state index >= 15 is 0 Å². The Kier molecular flexibility index (Phi) is 2.84. The third-order valence-electron chi connectivity index (χ3n) is 3.48. The molecule has 3 N–H and O–H groups in total. The Hall–Kier alpha value is -2.48. The highest BCUT2D eigenvalue weighted by Crippen LogP contribution is 2.28. The molecular formula is C14H15N5. The number of hydrogen-bond acceptors (Lipinski definition) is 4. The van der Waals surface area contributed by atoms with Gasteiger partial charge in [-0.15, -0.1) is 5.10 Å². The van der Waals surface area contributed by atoms with Crippen LogP contribution in [0.25, 0.3) is 5.69 Å². The molecule has 0 bridgehead atoms. The van der Waals surface area contributed by atoms with Gasteiger partial charge in [0.15, 0.2) is 5.82 Å². The molecule has 1 aromatic heterocycles. The molecule has 5 heteroatoms. The summed E-state index contributed by atoms with van der Waals surface area (Å²) in [4.78, 5) is 0. The summed E-state index contributed by atoms with van der Waals surface area (Å²) >= 11 is 0. The number of nitrogens with zero attached hydrogens (tertiary/aromatic N) is 3. The highest BCUT2D eigenvalue weighted by molar-refractivity contribution is 5.66. The van der Waals surface area contributed by atoms with Gasteiger partial charge in [0.05, 0.1) is 5.69 Å². The van der Waals surface area contributed by atoms with Gasteiger partial charge in [-0.05, 0) is 31.4 Å². The second-order valence-electron chi connectivity index (χ2n) is 4.74. The monoisotopic (exact) mass is 253 g/mol. The molecule has 1 aliphatic rings. The summed E-state index contributed by atoms with van der Waals surface area (Å²) in [5, 5.41) is 17.0. The Morgan fingerprint density at radius 2 is 2.05 bits per heavy atom. The summed E-state index contributed by atoms with van der Waals surface area (Å²) in [6, 6.07) is 12.2. The summed E-state index contributed by atoms with van der Waals surface area (Å²) in [5.41, 5.74) is 7.31. The standard InChI is InChI=1S/C14H15N5/c15-9-12-13(16)19(11-7-2-1-3-8-11)18-14(12)17-10-5-4-6-10/h1-3,7-8,10H,4-6,16H2,(H,17,18). The lowest BCUT2D eigenvalue weighted by atomic mass is 9.93. The largest absolute Gasteiger partial charge is 0.382 e. The normalized spacial score (nSPS) is 14.7. The molecule has 1 aromatic carbocycles. The van der Waals surface area contributed by atoms with Gasteiger partial charge in [-0.3, -0.25) is 0 Å². The molecule has 0 aliphatic heterocycles. The highest BCUT2D eigenvalue weighted by atomic mass is 15.4. The Bertz CT molecular complexity index is 619. The van der Waals surface area contributed by atoms with E-state index in [0.717, 1.165) is 18.5 Å². The summed E-state index contributed by atoms with van der Waals surface area (Å²) < 4.78 is 1.61. The van der Waals surface area contributed by atoms with Gasteiger partial charge >= 0.3 is 0 Å². The van der Waals surface area contributed by atoms with Crippen molar-refractivity contribution in [1.82, 2.24) is 9.78 Å². The zero-order valence-corrected chi connectivity index (χ0v) is 10.5. The molecule has 0 atom stereocenters. The van der Waals surface area contributed by atoms with Crippen LogP contribution in [-0.4, -0.2) is 15.8 Å². The van der Waals surface area contributed by atoms with Gasteiger partial charge < -0.3 is 11.1 Å². The van der Waals surface area contributed by atoms with E-state index in [0.29, 0.717) is 23.2 Å². The molecule has 0 spiro atoms. The van der Waals surface area contributed by atoms with Crippen LogP contribution in [0, 0.1) is 11.3 Å². The van der Waals surface area contributed by atoms with Crippen LogP contribution in [0.2, 0.25) is 0 Å². The van der Waals surface area contributed by atoms with Crippen molar-refractivity contribution in [2.75, 3.05) is 11.1 Å². The van der Waals surface area contributed by atoms with Crippen LogP contribution >= 0.6 is 0 Å². The number of anilines is 2. The third kappa shape index (κ3) is 2.02. The number of rotatable bonds is 3. The molecule has 0 radical (unpaired) electrons. The van der Waals surface area contributed by atoms with Crippen molar-refractivity contribution in [1.29, 1.82) is 5.26 Å². The van der Waals surface area contributed by atoms with Crippen molar-refractivity contribution >= 4 is 11.6 Å². The van der Waals surface area contributed by atoms with Gasteiger partial charge in [0.1, 0.15) is 17.5 Å². The summed E-state index contributed by atoms with van der Waals surface area (Å²) in [7, 11) is 0. The number of hydrogen-bond donors (Lipinski definition) is 2. The van der Waals surface area contributed by atoms with Crippen molar-refractivity contribution in [3.05, 3.63) is 35.9 Å². The molecule has 0 saturated heterocycles. The van der Waals surface area contributed by atoms with Crippen LogP contribution in [0.4, 0.5) is 11.6 Å². The van der Waals surface area contributed by atoms with E-state index < -0.39 is 0 Å². The Morgan fingerprint density at radius 3 is 2.63 bits per heavy atom. The zero-order chi connectivity index (χ0) is 13.2. The predicted molar refractivity (Wildman–Crippen MR) is 74.0 cm³/mol. The molecule has 96 valence electrons. The quantitative estimate of drug-likeness (QED) is 0.879. The molecule has 2 aromatic rings. The Morgan fingerprint density at radius 1 is 1.32 bits per heavy atom. The van der Waals surface area contributed by atoms with Crippen LogP contribution in [0.3, 0.4) is 0 Å². The van der Waals surface area contributed by atoms with Gasteiger partial charge in [0.25, 0.3) is 0 Å². The Labute approximate surface area is 111 Å². The maximum Gasteiger partial charge on any atom is 0.168 e. The fourth-order valence-corrected chi connectivity index (χ4v) is 2.15. The lowest BCUT2D eigenvalue weighted by molar-refractivity contribution is 0.444. The topological polar surface area (TPSA) is 79.7 Å². The molecular weight excluding hydrogens is 238 g/mol.